The highest BCUT2D eigenvalue weighted by molar-refractivity contribution is 5.29. The van der Waals surface area contributed by atoms with Gasteiger partial charge in [-0.05, 0) is 38.1 Å². The number of benzene rings is 1. The smallest absolute Gasteiger partial charge is 0.377 e. The lowest BCUT2D eigenvalue weighted by molar-refractivity contribution is -0.140. The van der Waals surface area contributed by atoms with E-state index in [4.69, 9.17) is 4.74 Å². The zero-order chi connectivity index (χ0) is 15.3. The fourth-order valence-corrected chi connectivity index (χ4v) is 2.09. The van der Waals surface area contributed by atoms with Crippen LogP contribution in [0.1, 0.15) is 37.9 Å². The molecule has 0 aromatic heterocycles. The van der Waals surface area contributed by atoms with Gasteiger partial charge < -0.3 is 10.1 Å². The van der Waals surface area contributed by atoms with E-state index in [1.165, 1.54) is 6.07 Å². The lowest BCUT2D eigenvalue weighted by Gasteiger charge is -2.25. The van der Waals surface area contributed by atoms with E-state index in [1.54, 1.807) is 6.92 Å². The van der Waals surface area contributed by atoms with Crippen LogP contribution in [0.5, 0.6) is 0 Å². The first kappa shape index (κ1) is 16.9. The molecule has 1 aromatic rings. The molecule has 1 rings (SSSR count). The van der Waals surface area contributed by atoms with Crippen LogP contribution < -0.4 is 5.32 Å². The number of ether oxygens (including phenoxy) is 1. The fraction of sp³-hybridized carbons (Fsp3) is 0.571. The van der Waals surface area contributed by atoms with E-state index in [0.29, 0.717) is 18.7 Å². The molecule has 0 saturated heterocycles. The van der Waals surface area contributed by atoms with E-state index in [-0.39, 0.29) is 12.1 Å². The average Bonchev–Trinajstić information content (AvgIpc) is 2.34. The second kappa shape index (κ2) is 7.04. The molecule has 0 fully saturated rings. The Balaban J connectivity index is 3.07. The molecule has 0 spiro atoms. The maximum atomic E-state index is 13.6. The first-order valence-electron chi connectivity index (χ1n) is 6.52. The van der Waals surface area contributed by atoms with Crippen molar-refractivity contribution in [3.63, 3.8) is 0 Å². The zero-order valence-electron chi connectivity index (χ0n) is 11.7. The molecule has 0 aliphatic heterocycles. The number of halogens is 4. The monoisotopic (exact) mass is 293 g/mol. The summed E-state index contributed by atoms with van der Waals surface area (Å²) in [5, 5.41) is 3.10. The summed E-state index contributed by atoms with van der Waals surface area (Å²) in [6, 6.07) is 2.63. The van der Waals surface area contributed by atoms with Crippen LogP contribution in [-0.4, -0.2) is 19.3 Å². The second-order valence-corrected chi connectivity index (χ2v) is 4.43. The lowest BCUT2D eigenvalue weighted by atomic mass is 10.00. The first-order chi connectivity index (χ1) is 9.31. The Morgan fingerprint density at radius 1 is 1.25 bits per heavy atom. The van der Waals surface area contributed by atoms with Crippen LogP contribution >= 0.6 is 0 Å². The molecule has 0 heterocycles. The summed E-state index contributed by atoms with van der Waals surface area (Å²) in [7, 11) is 0. The summed E-state index contributed by atoms with van der Waals surface area (Å²) in [4.78, 5) is 0. The van der Waals surface area contributed by atoms with Crippen molar-refractivity contribution in [2.24, 2.45) is 0 Å². The quantitative estimate of drug-likeness (QED) is 0.803. The fourth-order valence-electron chi connectivity index (χ4n) is 2.09. The van der Waals surface area contributed by atoms with E-state index in [9.17, 15) is 17.6 Å². The minimum absolute atomic E-state index is 0.268. The Hall–Kier alpha value is -1.14. The van der Waals surface area contributed by atoms with Gasteiger partial charge in [-0.3, -0.25) is 0 Å². The molecule has 0 aliphatic rings. The van der Waals surface area contributed by atoms with E-state index >= 15 is 0 Å². The van der Waals surface area contributed by atoms with Gasteiger partial charge in [0, 0.05) is 6.61 Å². The van der Waals surface area contributed by atoms with Crippen LogP contribution in [-0.2, 0) is 10.9 Å². The third kappa shape index (κ3) is 4.18. The second-order valence-electron chi connectivity index (χ2n) is 4.43. The van der Waals surface area contributed by atoms with Gasteiger partial charge in [0.2, 0.25) is 0 Å². The van der Waals surface area contributed by atoms with Crippen LogP contribution in [0.15, 0.2) is 18.2 Å². The highest BCUT2D eigenvalue weighted by Crippen LogP contribution is 2.33. The van der Waals surface area contributed by atoms with Gasteiger partial charge in [-0.15, -0.1) is 0 Å². The molecule has 0 saturated carbocycles. The van der Waals surface area contributed by atoms with Gasteiger partial charge in [-0.1, -0.05) is 13.0 Å². The topological polar surface area (TPSA) is 21.3 Å². The summed E-state index contributed by atoms with van der Waals surface area (Å²) in [5.74, 6) is -1.26. The SMILES string of the molecule is CCNC(c1ccc(C(F)(F)F)c(F)c1)C(C)OCC. The number of alkyl halides is 3. The molecule has 0 amide bonds. The van der Waals surface area contributed by atoms with E-state index in [2.05, 4.69) is 5.32 Å². The molecule has 2 unspecified atom stereocenters. The molecule has 2 atom stereocenters. The van der Waals surface area contributed by atoms with Crippen LogP contribution in [0.4, 0.5) is 17.6 Å². The average molecular weight is 293 g/mol. The largest absolute Gasteiger partial charge is 0.419 e. The maximum absolute atomic E-state index is 13.6. The van der Waals surface area contributed by atoms with Crippen molar-refractivity contribution in [1.29, 1.82) is 0 Å². The molecule has 0 bridgehead atoms. The van der Waals surface area contributed by atoms with Crippen molar-refractivity contribution >= 4 is 0 Å². The van der Waals surface area contributed by atoms with Crippen LogP contribution in [0, 0.1) is 5.82 Å². The van der Waals surface area contributed by atoms with E-state index < -0.39 is 17.6 Å². The third-order valence-electron chi connectivity index (χ3n) is 2.98. The molecule has 1 N–H and O–H groups in total. The summed E-state index contributed by atoms with van der Waals surface area (Å²) < 4.78 is 56.6. The van der Waals surface area contributed by atoms with Crippen molar-refractivity contribution in [2.45, 2.75) is 39.1 Å². The van der Waals surface area contributed by atoms with Gasteiger partial charge in [-0.2, -0.15) is 13.2 Å². The van der Waals surface area contributed by atoms with Gasteiger partial charge in [0.05, 0.1) is 17.7 Å². The van der Waals surface area contributed by atoms with Gasteiger partial charge in [0.1, 0.15) is 5.82 Å². The number of likely N-dealkylation sites (N-methyl/N-ethyl adjacent to an activating group) is 1. The molecule has 1 aromatic carbocycles. The molecule has 20 heavy (non-hydrogen) atoms. The van der Waals surface area contributed by atoms with Crippen molar-refractivity contribution in [3.8, 4) is 0 Å². The van der Waals surface area contributed by atoms with Gasteiger partial charge in [-0.25, -0.2) is 4.39 Å². The van der Waals surface area contributed by atoms with E-state index in [1.807, 2.05) is 13.8 Å². The predicted octanol–water partition coefficient (Wildman–Crippen LogP) is 3.92. The molecule has 114 valence electrons. The molecule has 2 nitrogen and oxygen atoms in total. The highest BCUT2D eigenvalue weighted by Gasteiger charge is 2.34. The normalized spacial score (nSPS) is 15.2. The summed E-state index contributed by atoms with van der Waals surface area (Å²) in [6.45, 7) is 6.57. The molecular weight excluding hydrogens is 274 g/mol. The number of rotatable bonds is 6. The summed E-state index contributed by atoms with van der Waals surface area (Å²) in [5.41, 5.74) is -0.807. The summed E-state index contributed by atoms with van der Waals surface area (Å²) >= 11 is 0. The minimum atomic E-state index is -4.68. The molecule has 6 heteroatoms. The third-order valence-corrected chi connectivity index (χ3v) is 2.98. The number of hydrogen-bond donors (Lipinski definition) is 1. The van der Waals surface area contributed by atoms with Crippen molar-refractivity contribution in [2.75, 3.05) is 13.2 Å². The standard InChI is InChI=1S/C14H19F4NO/c1-4-19-13(9(3)20-5-2)10-6-7-11(12(15)8-10)14(16,17)18/h6-9,13,19H,4-5H2,1-3H3. The van der Waals surface area contributed by atoms with Crippen molar-refractivity contribution in [3.05, 3.63) is 35.1 Å². The Bertz CT molecular complexity index is 434. The zero-order valence-corrected chi connectivity index (χ0v) is 11.7. The Morgan fingerprint density at radius 3 is 2.35 bits per heavy atom. The molecule has 0 aliphatic carbocycles. The van der Waals surface area contributed by atoms with Crippen LogP contribution in [0.25, 0.3) is 0 Å². The maximum Gasteiger partial charge on any atom is 0.419 e. The minimum Gasteiger partial charge on any atom is -0.377 e. The predicted molar refractivity (Wildman–Crippen MR) is 68.9 cm³/mol. The summed E-state index contributed by atoms with van der Waals surface area (Å²) in [6.07, 6.45) is -4.95. The number of hydrogen-bond acceptors (Lipinski definition) is 2. The Kier molecular flexibility index (Phi) is 5.95. The number of nitrogens with one attached hydrogen (secondary N) is 1. The molecular formula is C14H19F4NO. The van der Waals surface area contributed by atoms with Gasteiger partial charge >= 0.3 is 6.18 Å². The lowest BCUT2D eigenvalue weighted by Crippen LogP contribution is -2.32. The highest BCUT2D eigenvalue weighted by atomic mass is 19.4. The van der Waals surface area contributed by atoms with Crippen molar-refractivity contribution < 1.29 is 22.3 Å². The van der Waals surface area contributed by atoms with Crippen molar-refractivity contribution in [1.82, 2.24) is 5.32 Å². The van der Waals surface area contributed by atoms with Crippen LogP contribution in [0.3, 0.4) is 0 Å². The first-order valence-corrected chi connectivity index (χ1v) is 6.52. The van der Waals surface area contributed by atoms with E-state index in [0.717, 1.165) is 12.1 Å². The Morgan fingerprint density at radius 2 is 1.90 bits per heavy atom. The van der Waals surface area contributed by atoms with Crippen LogP contribution in [0.2, 0.25) is 0 Å². The van der Waals surface area contributed by atoms with Gasteiger partial charge in [0.15, 0.2) is 0 Å². The molecule has 0 radical (unpaired) electrons. The van der Waals surface area contributed by atoms with Gasteiger partial charge in [0.25, 0.3) is 0 Å². The Labute approximate surface area is 116 Å².